The Morgan fingerprint density at radius 2 is 1.95 bits per heavy atom. The van der Waals surface area contributed by atoms with E-state index < -0.39 is 0 Å². The van der Waals surface area contributed by atoms with Crippen LogP contribution in [0.4, 0.5) is 11.5 Å². The van der Waals surface area contributed by atoms with E-state index in [9.17, 15) is 4.79 Å². The first-order chi connectivity index (χ1) is 10.0. The molecule has 2 rings (SSSR count). The van der Waals surface area contributed by atoms with Crippen molar-refractivity contribution in [2.75, 3.05) is 17.2 Å². The highest BCUT2D eigenvalue weighted by Crippen LogP contribution is 2.31. The molecule has 7 heteroatoms. The number of hydrogen-bond acceptors (Lipinski definition) is 3. The zero-order chi connectivity index (χ0) is 15.4. The van der Waals surface area contributed by atoms with Gasteiger partial charge in [0.15, 0.2) is 0 Å². The standard InChI is InChI=1S/C14H12Br2ClN3O/c1-2-18-12-7-8(6-11(17)19-12)14(21)20-13-9(15)4-3-5-10(13)16/h3-7H,2H2,1H3,(H,18,19)(H,20,21). The average Bonchev–Trinajstić information content (AvgIpc) is 2.42. The Hall–Kier alpha value is -1.11. The van der Waals surface area contributed by atoms with Crippen LogP contribution in [0.15, 0.2) is 39.3 Å². The van der Waals surface area contributed by atoms with Gasteiger partial charge in [-0.1, -0.05) is 17.7 Å². The molecule has 0 bridgehead atoms. The zero-order valence-corrected chi connectivity index (χ0v) is 15.0. The number of aromatic nitrogens is 1. The summed E-state index contributed by atoms with van der Waals surface area (Å²) >= 11 is 12.8. The fourth-order valence-corrected chi connectivity index (χ4v) is 3.11. The summed E-state index contributed by atoms with van der Waals surface area (Å²) in [6, 6.07) is 8.77. The highest BCUT2D eigenvalue weighted by Gasteiger charge is 2.13. The Balaban J connectivity index is 2.28. The molecular weight excluding hydrogens is 421 g/mol. The lowest BCUT2D eigenvalue weighted by Gasteiger charge is -2.11. The molecule has 0 saturated heterocycles. The van der Waals surface area contributed by atoms with Crippen molar-refractivity contribution < 1.29 is 4.79 Å². The molecule has 4 nitrogen and oxygen atoms in total. The van der Waals surface area contributed by atoms with Crippen molar-refractivity contribution in [1.29, 1.82) is 0 Å². The molecule has 0 aliphatic carbocycles. The Morgan fingerprint density at radius 1 is 1.29 bits per heavy atom. The van der Waals surface area contributed by atoms with Crippen LogP contribution < -0.4 is 10.6 Å². The summed E-state index contributed by atoms with van der Waals surface area (Å²) in [4.78, 5) is 16.5. The van der Waals surface area contributed by atoms with Gasteiger partial charge in [0.2, 0.25) is 0 Å². The predicted molar refractivity (Wildman–Crippen MR) is 93.2 cm³/mol. The van der Waals surface area contributed by atoms with Gasteiger partial charge in [0, 0.05) is 21.1 Å². The lowest BCUT2D eigenvalue weighted by Crippen LogP contribution is -2.14. The molecule has 0 fully saturated rings. The number of nitrogens with zero attached hydrogens (tertiary/aromatic N) is 1. The number of benzene rings is 1. The lowest BCUT2D eigenvalue weighted by atomic mass is 10.2. The fourth-order valence-electron chi connectivity index (χ4n) is 1.70. The van der Waals surface area contributed by atoms with Crippen molar-refractivity contribution in [2.24, 2.45) is 0 Å². The maximum Gasteiger partial charge on any atom is 0.255 e. The van der Waals surface area contributed by atoms with Crippen LogP contribution in [0.3, 0.4) is 0 Å². The van der Waals surface area contributed by atoms with Crippen LogP contribution in [0.25, 0.3) is 0 Å². The van der Waals surface area contributed by atoms with Gasteiger partial charge in [0.05, 0.1) is 5.69 Å². The van der Waals surface area contributed by atoms with E-state index in [1.54, 1.807) is 6.07 Å². The third-order valence-corrected chi connectivity index (χ3v) is 4.13. The molecule has 0 spiro atoms. The van der Waals surface area contributed by atoms with Crippen LogP contribution in [-0.2, 0) is 0 Å². The smallest absolute Gasteiger partial charge is 0.255 e. The summed E-state index contributed by atoms with van der Waals surface area (Å²) in [5.74, 6) is 0.312. The number of carbonyl (C=O) groups excluding carboxylic acids is 1. The monoisotopic (exact) mass is 431 g/mol. The van der Waals surface area contributed by atoms with Gasteiger partial charge in [0.25, 0.3) is 5.91 Å². The molecule has 1 aromatic heterocycles. The molecule has 0 aliphatic rings. The SMILES string of the molecule is CCNc1cc(C(=O)Nc2c(Br)cccc2Br)cc(Cl)n1. The molecule has 2 aromatic rings. The Kier molecular flexibility index (Phi) is 5.61. The van der Waals surface area contributed by atoms with Crippen LogP contribution in [-0.4, -0.2) is 17.4 Å². The normalized spacial score (nSPS) is 10.3. The molecule has 0 atom stereocenters. The Bertz CT molecular complexity index is 659. The fraction of sp³-hybridized carbons (Fsp3) is 0.143. The van der Waals surface area contributed by atoms with Crippen LogP contribution in [0.1, 0.15) is 17.3 Å². The molecule has 0 aliphatic heterocycles. The largest absolute Gasteiger partial charge is 0.370 e. The number of anilines is 2. The number of pyridine rings is 1. The quantitative estimate of drug-likeness (QED) is 0.672. The van der Waals surface area contributed by atoms with Crippen molar-refractivity contribution >= 4 is 60.9 Å². The first kappa shape index (κ1) is 16.3. The second-order valence-corrected chi connectivity index (χ2v) is 6.24. The summed E-state index contributed by atoms with van der Waals surface area (Å²) in [5, 5.41) is 6.15. The van der Waals surface area contributed by atoms with E-state index in [1.807, 2.05) is 25.1 Å². The minimum absolute atomic E-state index is 0.258. The lowest BCUT2D eigenvalue weighted by molar-refractivity contribution is 0.102. The number of nitrogens with one attached hydrogen (secondary N) is 2. The summed E-state index contributed by atoms with van der Waals surface area (Å²) in [7, 11) is 0. The van der Waals surface area contributed by atoms with Crippen LogP contribution >= 0.6 is 43.5 Å². The van der Waals surface area contributed by atoms with Gasteiger partial charge in [-0.2, -0.15) is 0 Å². The van der Waals surface area contributed by atoms with Gasteiger partial charge in [0.1, 0.15) is 11.0 Å². The summed E-state index contributed by atoms with van der Waals surface area (Å²) in [5.41, 5.74) is 1.11. The van der Waals surface area contributed by atoms with Gasteiger partial charge >= 0.3 is 0 Å². The van der Waals surface area contributed by atoms with E-state index in [-0.39, 0.29) is 11.1 Å². The highest BCUT2D eigenvalue weighted by molar-refractivity contribution is 9.11. The molecule has 110 valence electrons. The second kappa shape index (κ2) is 7.24. The van der Waals surface area contributed by atoms with Crippen molar-refractivity contribution in [3.05, 3.63) is 50.0 Å². The zero-order valence-electron chi connectivity index (χ0n) is 11.1. The molecule has 0 unspecified atom stereocenters. The van der Waals surface area contributed by atoms with E-state index in [4.69, 9.17) is 11.6 Å². The molecule has 2 N–H and O–H groups in total. The molecule has 21 heavy (non-hydrogen) atoms. The Morgan fingerprint density at radius 3 is 2.57 bits per heavy atom. The van der Waals surface area contributed by atoms with Crippen LogP contribution in [0, 0.1) is 0 Å². The molecule has 0 saturated carbocycles. The summed E-state index contributed by atoms with van der Waals surface area (Å²) in [6.07, 6.45) is 0. The predicted octanol–water partition coefficient (Wildman–Crippen LogP) is 4.94. The summed E-state index contributed by atoms with van der Waals surface area (Å²) in [6.45, 7) is 2.64. The first-order valence-electron chi connectivity index (χ1n) is 6.18. The van der Waals surface area contributed by atoms with Crippen molar-refractivity contribution in [2.45, 2.75) is 6.92 Å². The molecule has 0 radical (unpaired) electrons. The topological polar surface area (TPSA) is 54.0 Å². The van der Waals surface area contributed by atoms with Gasteiger partial charge in [-0.25, -0.2) is 4.98 Å². The van der Waals surface area contributed by atoms with Crippen molar-refractivity contribution in [1.82, 2.24) is 4.98 Å². The number of hydrogen-bond donors (Lipinski definition) is 2. The number of rotatable bonds is 4. The highest BCUT2D eigenvalue weighted by atomic mass is 79.9. The minimum Gasteiger partial charge on any atom is -0.370 e. The van der Waals surface area contributed by atoms with E-state index in [0.29, 0.717) is 23.6 Å². The number of carbonyl (C=O) groups is 1. The van der Waals surface area contributed by atoms with Crippen LogP contribution in [0.5, 0.6) is 0 Å². The minimum atomic E-state index is -0.258. The number of halogens is 3. The van der Waals surface area contributed by atoms with E-state index in [1.165, 1.54) is 6.07 Å². The van der Waals surface area contributed by atoms with Crippen LogP contribution in [0.2, 0.25) is 5.15 Å². The van der Waals surface area contributed by atoms with Gasteiger partial charge in [-0.05, 0) is 63.0 Å². The number of amides is 1. The average molecular weight is 434 g/mol. The molecule has 1 amide bonds. The van der Waals surface area contributed by atoms with E-state index in [2.05, 4.69) is 47.5 Å². The third-order valence-electron chi connectivity index (χ3n) is 2.62. The molecule has 1 heterocycles. The van der Waals surface area contributed by atoms with Gasteiger partial charge in [-0.15, -0.1) is 0 Å². The Labute approximate surface area is 144 Å². The maximum atomic E-state index is 12.4. The van der Waals surface area contributed by atoms with E-state index in [0.717, 1.165) is 8.95 Å². The molecule has 1 aromatic carbocycles. The van der Waals surface area contributed by atoms with E-state index >= 15 is 0 Å². The third kappa shape index (κ3) is 4.18. The van der Waals surface area contributed by atoms with Crippen molar-refractivity contribution in [3.8, 4) is 0 Å². The van der Waals surface area contributed by atoms with Gasteiger partial charge in [-0.3, -0.25) is 4.79 Å². The molecular formula is C14H12Br2ClN3O. The van der Waals surface area contributed by atoms with Gasteiger partial charge < -0.3 is 10.6 Å². The second-order valence-electron chi connectivity index (χ2n) is 4.14. The number of para-hydroxylation sites is 1. The first-order valence-corrected chi connectivity index (χ1v) is 8.14. The summed E-state index contributed by atoms with van der Waals surface area (Å²) < 4.78 is 1.58. The van der Waals surface area contributed by atoms with Crippen molar-refractivity contribution in [3.63, 3.8) is 0 Å². The maximum absolute atomic E-state index is 12.4.